The van der Waals surface area contributed by atoms with E-state index < -0.39 is 0 Å². The van der Waals surface area contributed by atoms with Crippen molar-refractivity contribution in [1.29, 1.82) is 0 Å². The molecule has 0 heterocycles. The Hall–Kier alpha value is -0.250. The molecule has 0 aromatic heterocycles. The molecule has 1 nitrogen and oxygen atoms in total. The van der Waals surface area contributed by atoms with Gasteiger partial charge in [-0.3, -0.25) is 0 Å². The summed E-state index contributed by atoms with van der Waals surface area (Å²) in [6.07, 6.45) is 2.74. The number of halogens is 2. The lowest BCUT2D eigenvalue weighted by Gasteiger charge is -2.05. The van der Waals surface area contributed by atoms with Gasteiger partial charge in [0.25, 0.3) is 0 Å². The molecule has 0 aliphatic carbocycles. The number of benzene rings is 1. The summed E-state index contributed by atoms with van der Waals surface area (Å²) >= 11 is 9.88. The van der Waals surface area contributed by atoms with Crippen molar-refractivity contribution in [1.82, 2.24) is 0 Å². The van der Waals surface area contributed by atoms with Gasteiger partial charge in [0.05, 0.1) is 0 Å². The van der Waals surface area contributed by atoms with E-state index in [9.17, 15) is 4.39 Å². The third-order valence-corrected chi connectivity index (χ3v) is 2.71. The van der Waals surface area contributed by atoms with Crippen LogP contribution in [0.2, 0.25) is 5.02 Å². The van der Waals surface area contributed by atoms with Gasteiger partial charge in [-0.25, -0.2) is 4.39 Å². The molecule has 0 bridgehead atoms. The Labute approximate surface area is 93.9 Å². The summed E-state index contributed by atoms with van der Waals surface area (Å²) in [5.41, 5.74) is 6.31. The fourth-order valence-corrected chi connectivity index (χ4v) is 1.70. The predicted octanol–water partition coefficient (Wildman–Crippen LogP) is 3.05. The molecule has 0 saturated heterocycles. The molecule has 1 aromatic rings. The first-order valence-electron chi connectivity index (χ1n) is 4.52. The first-order valence-corrected chi connectivity index (χ1v) is 5.34. The number of hydrogen-bond acceptors (Lipinski definition) is 2. The normalized spacial score (nSPS) is 10.6. The van der Waals surface area contributed by atoms with Crippen LogP contribution in [0.15, 0.2) is 17.0 Å². The Morgan fingerprint density at radius 2 is 2.07 bits per heavy atom. The van der Waals surface area contributed by atoms with Crippen LogP contribution in [0.25, 0.3) is 0 Å². The molecule has 1 rings (SSSR count). The monoisotopic (exact) mass is 233 g/mol. The van der Waals surface area contributed by atoms with Gasteiger partial charge in [-0.15, -0.1) is 12.6 Å². The maximum absolute atomic E-state index is 13.0. The summed E-state index contributed by atoms with van der Waals surface area (Å²) in [5, 5.41) is 0.470. The molecule has 0 atom stereocenters. The molecule has 0 radical (unpaired) electrons. The van der Waals surface area contributed by atoms with Gasteiger partial charge in [-0.2, -0.15) is 0 Å². The second-order valence-corrected chi connectivity index (χ2v) is 4.03. The van der Waals surface area contributed by atoms with Crippen LogP contribution in [0.1, 0.15) is 18.4 Å². The Morgan fingerprint density at radius 3 is 2.71 bits per heavy atom. The van der Waals surface area contributed by atoms with E-state index in [1.807, 2.05) is 0 Å². The molecule has 0 unspecified atom stereocenters. The molecule has 0 aliphatic rings. The molecule has 2 N–H and O–H groups in total. The Bertz CT molecular complexity index is 317. The average molecular weight is 234 g/mol. The van der Waals surface area contributed by atoms with Crippen LogP contribution >= 0.6 is 24.2 Å². The second-order valence-electron chi connectivity index (χ2n) is 3.14. The lowest BCUT2D eigenvalue weighted by Crippen LogP contribution is -1.99. The minimum absolute atomic E-state index is 0.345. The van der Waals surface area contributed by atoms with Crippen molar-refractivity contribution in [3.63, 3.8) is 0 Å². The molecule has 1 aromatic carbocycles. The maximum Gasteiger partial charge on any atom is 0.137 e. The van der Waals surface area contributed by atoms with Crippen molar-refractivity contribution in [2.45, 2.75) is 24.2 Å². The first-order chi connectivity index (χ1) is 6.65. The zero-order valence-corrected chi connectivity index (χ0v) is 9.41. The minimum Gasteiger partial charge on any atom is -0.330 e. The van der Waals surface area contributed by atoms with E-state index in [2.05, 4.69) is 12.6 Å². The quantitative estimate of drug-likeness (QED) is 0.607. The molecule has 0 aliphatic heterocycles. The van der Waals surface area contributed by atoms with Crippen molar-refractivity contribution in [3.8, 4) is 0 Å². The van der Waals surface area contributed by atoms with Crippen molar-refractivity contribution in [3.05, 3.63) is 28.5 Å². The van der Waals surface area contributed by atoms with E-state index in [1.165, 1.54) is 6.07 Å². The highest BCUT2D eigenvalue weighted by molar-refractivity contribution is 7.80. The summed E-state index contributed by atoms with van der Waals surface area (Å²) in [4.78, 5) is 0.345. The zero-order valence-electron chi connectivity index (χ0n) is 7.76. The van der Waals surface area contributed by atoms with Crippen molar-refractivity contribution in [2.24, 2.45) is 5.73 Å². The summed E-state index contributed by atoms with van der Waals surface area (Å²) in [7, 11) is 0. The largest absolute Gasteiger partial charge is 0.330 e. The van der Waals surface area contributed by atoms with Crippen LogP contribution in [-0.2, 0) is 6.42 Å². The van der Waals surface area contributed by atoms with Gasteiger partial charge in [0.1, 0.15) is 5.82 Å². The number of rotatable bonds is 4. The predicted molar refractivity (Wildman–Crippen MR) is 60.7 cm³/mol. The van der Waals surface area contributed by atoms with Crippen LogP contribution in [0.5, 0.6) is 0 Å². The van der Waals surface area contributed by atoms with Crippen molar-refractivity contribution < 1.29 is 4.39 Å². The lowest BCUT2D eigenvalue weighted by atomic mass is 10.1. The van der Waals surface area contributed by atoms with Gasteiger partial charge < -0.3 is 5.73 Å². The smallest absolute Gasteiger partial charge is 0.137 e. The van der Waals surface area contributed by atoms with E-state index in [0.29, 0.717) is 16.5 Å². The molecule has 0 fully saturated rings. The average Bonchev–Trinajstić information content (AvgIpc) is 2.14. The van der Waals surface area contributed by atoms with Crippen LogP contribution in [0, 0.1) is 5.82 Å². The molecule has 14 heavy (non-hydrogen) atoms. The SMILES string of the molecule is NCCCCc1cc(S)c(F)cc1Cl. The highest BCUT2D eigenvalue weighted by Gasteiger charge is 2.05. The van der Waals surface area contributed by atoms with Gasteiger partial charge >= 0.3 is 0 Å². The van der Waals surface area contributed by atoms with Crippen LogP contribution in [0.3, 0.4) is 0 Å². The Morgan fingerprint density at radius 1 is 1.36 bits per heavy atom. The third-order valence-electron chi connectivity index (χ3n) is 2.02. The highest BCUT2D eigenvalue weighted by Crippen LogP contribution is 2.24. The van der Waals surface area contributed by atoms with Crippen molar-refractivity contribution >= 4 is 24.2 Å². The molecule has 0 amide bonds. The van der Waals surface area contributed by atoms with E-state index in [0.717, 1.165) is 24.8 Å². The first kappa shape index (κ1) is 11.8. The summed E-state index contributed by atoms with van der Waals surface area (Å²) < 4.78 is 13.0. The minimum atomic E-state index is -0.374. The number of aryl methyl sites for hydroxylation is 1. The van der Waals surface area contributed by atoms with Crippen LogP contribution < -0.4 is 5.73 Å². The topological polar surface area (TPSA) is 26.0 Å². The van der Waals surface area contributed by atoms with E-state index in [4.69, 9.17) is 17.3 Å². The highest BCUT2D eigenvalue weighted by atomic mass is 35.5. The second kappa shape index (κ2) is 5.59. The van der Waals surface area contributed by atoms with Gasteiger partial charge in [-0.05, 0) is 43.5 Å². The van der Waals surface area contributed by atoms with E-state index in [1.54, 1.807) is 6.07 Å². The van der Waals surface area contributed by atoms with Crippen molar-refractivity contribution in [2.75, 3.05) is 6.54 Å². The molecular formula is C10H13ClFNS. The molecule has 0 spiro atoms. The molecular weight excluding hydrogens is 221 g/mol. The van der Waals surface area contributed by atoms with Gasteiger partial charge in [-0.1, -0.05) is 11.6 Å². The maximum atomic E-state index is 13.0. The Kier molecular flexibility index (Phi) is 4.72. The number of hydrogen-bond donors (Lipinski definition) is 2. The third kappa shape index (κ3) is 3.15. The summed E-state index contributed by atoms with van der Waals surface area (Å²) in [6, 6.07) is 2.99. The summed E-state index contributed by atoms with van der Waals surface area (Å²) in [6.45, 7) is 0.673. The van der Waals surface area contributed by atoms with Crippen LogP contribution in [0.4, 0.5) is 4.39 Å². The lowest BCUT2D eigenvalue weighted by molar-refractivity contribution is 0.600. The van der Waals surface area contributed by atoms with Gasteiger partial charge in [0.2, 0.25) is 0 Å². The Balaban J connectivity index is 2.72. The fraction of sp³-hybridized carbons (Fsp3) is 0.400. The van der Waals surface area contributed by atoms with Gasteiger partial charge in [0, 0.05) is 9.92 Å². The van der Waals surface area contributed by atoms with E-state index in [-0.39, 0.29) is 5.82 Å². The van der Waals surface area contributed by atoms with Crippen LogP contribution in [-0.4, -0.2) is 6.54 Å². The fourth-order valence-electron chi connectivity index (χ4n) is 1.23. The number of nitrogens with two attached hydrogens (primary N) is 1. The van der Waals surface area contributed by atoms with Gasteiger partial charge in [0.15, 0.2) is 0 Å². The summed E-state index contributed by atoms with van der Waals surface area (Å²) in [5.74, 6) is -0.374. The number of thiol groups is 1. The number of unbranched alkanes of at least 4 members (excludes halogenated alkanes) is 1. The molecule has 4 heteroatoms. The molecule has 0 saturated carbocycles. The standard InChI is InChI=1S/C10H13ClFNS/c11-8-6-9(12)10(14)5-7(8)3-1-2-4-13/h5-6,14H,1-4,13H2. The van der Waals surface area contributed by atoms with E-state index >= 15 is 0 Å². The zero-order chi connectivity index (χ0) is 10.6. The molecule has 78 valence electrons.